The molecule has 0 saturated heterocycles. The predicted octanol–water partition coefficient (Wildman–Crippen LogP) is 2.91. The lowest BCUT2D eigenvalue weighted by Gasteiger charge is -2.26. The number of nitrogens with one attached hydrogen (secondary N) is 1. The van der Waals surface area contributed by atoms with Crippen LogP contribution in [0.5, 0.6) is 0 Å². The third-order valence-corrected chi connectivity index (χ3v) is 4.49. The molecule has 6 heteroatoms. The van der Waals surface area contributed by atoms with Crippen molar-refractivity contribution in [3.63, 3.8) is 0 Å². The first kappa shape index (κ1) is 18.5. The quantitative estimate of drug-likeness (QED) is 0.895. The van der Waals surface area contributed by atoms with E-state index in [1.165, 1.54) is 0 Å². The summed E-state index contributed by atoms with van der Waals surface area (Å²) in [6, 6.07) is 10.2. The zero-order valence-electron chi connectivity index (χ0n) is 14.2. The van der Waals surface area contributed by atoms with Crippen molar-refractivity contribution >= 4 is 18.3 Å². The standard InChI is InChI=1S/C18H24N4O.ClH/c1-12-11-13(2)22(21-12)17-9-3-14(4-10-17)18(23)20-16-7-5-15(19)6-8-16;/h3-4,9-11,15-16H,5-8,19H2,1-2H3,(H,20,23);1H. The summed E-state index contributed by atoms with van der Waals surface area (Å²) in [6.45, 7) is 4.00. The summed E-state index contributed by atoms with van der Waals surface area (Å²) in [5, 5.41) is 7.57. The summed E-state index contributed by atoms with van der Waals surface area (Å²) in [7, 11) is 0. The molecule has 1 fully saturated rings. The second-order valence-electron chi connectivity index (χ2n) is 6.47. The fraction of sp³-hybridized carbons (Fsp3) is 0.444. The van der Waals surface area contributed by atoms with Crippen LogP contribution in [-0.2, 0) is 0 Å². The minimum absolute atomic E-state index is 0. The Hall–Kier alpha value is -1.85. The van der Waals surface area contributed by atoms with Crippen molar-refractivity contribution in [2.75, 3.05) is 0 Å². The third kappa shape index (κ3) is 4.16. The van der Waals surface area contributed by atoms with Gasteiger partial charge in [-0.15, -0.1) is 12.4 Å². The van der Waals surface area contributed by atoms with Crippen molar-refractivity contribution in [3.8, 4) is 5.69 Å². The summed E-state index contributed by atoms with van der Waals surface area (Å²) >= 11 is 0. The summed E-state index contributed by atoms with van der Waals surface area (Å²) in [4.78, 5) is 12.3. The predicted molar refractivity (Wildman–Crippen MR) is 98.0 cm³/mol. The Morgan fingerprint density at radius 1 is 1.17 bits per heavy atom. The highest BCUT2D eigenvalue weighted by atomic mass is 35.5. The van der Waals surface area contributed by atoms with E-state index < -0.39 is 0 Å². The molecule has 3 N–H and O–H groups in total. The number of nitrogens with two attached hydrogens (primary N) is 1. The van der Waals surface area contributed by atoms with Crippen molar-refractivity contribution in [1.82, 2.24) is 15.1 Å². The highest BCUT2D eigenvalue weighted by Gasteiger charge is 2.20. The van der Waals surface area contributed by atoms with E-state index in [4.69, 9.17) is 5.73 Å². The van der Waals surface area contributed by atoms with Crippen LogP contribution >= 0.6 is 12.4 Å². The number of nitrogens with zero attached hydrogens (tertiary/aromatic N) is 2. The maximum Gasteiger partial charge on any atom is 0.251 e. The average molecular weight is 349 g/mol. The van der Waals surface area contributed by atoms with Crippen LogP contribution in [0.4, 0.5) is 0 Å². The Morgan fingerprint density at radius 2 is 1.79 bits per heavy atom. The van der Waals surface area contributed by atoms with Crippen LogP contribution in [0.25, 0.3) is 5.69 Å². The Morgan fingerprint density at radius 3 is 2.33 bits per heavy atom. The molecule has 0 spiro atoms. The molecule has 24 heavy (non-hydrogen) atoms. The van der Waals surface area contributed by atoms with E-state index in [2.05, 4.69) is 10.4 Å². The lowest BCUT2D eigenvalue weighted by Crippen LogP contribution is -2.40. The molecule has 1 aromatic carbocycles. The molecule has 1 aliphatic rings. The van der Waals surface area contributed by atoms with Gasteiger partial charge in [0.2, 0.25) is 0 Å². The number of aromatic nitrogens is 2. The Kier molecular flexibility index (Phi) is 6.02. The van der Waals surface area contributed by atoms with Gasteiger partial charge in [-0.2, -0.15) is 5.10 Å². The largest absolute Gasteiger partial charge is 0.349 e. The monoisotopic (exact) mass is 348 g/mol. The number of hydrogen-bond acceptors (Lipinski definition) is 3. The van der Waals surface area contributed by atoms with E-state index in [0.29, 0.717) is 11.6 Å². The molecule has 1 saturated carbocycles. The normalized spacial score (nSPS) is 20.3. The van der Waals surface area contributed by atoms with Crippen LogP contribution in [0, 0.1) is 13.8 Å². The summed E-state index contributed by atoms with van der Waals surface area (Å²) in [5.41, 5.74) is 9.63. The topological polar surface area (TPSA) is 72.9 Å². The van der Waals surface area contributed by atoms with E-state index >= 15 is 0 Å². The van der Waals surface area contributed by atoms with Crippen molar-refractivity contribution in [2.45, 2.75) is 51.6 Å². The molecule has 2 aromatic rings. The van der Waals surface area contributed by atoms with Gasteiger partial charge in [0.05, 0.1) is 11.4 Å². The van der Waals surface area contributed by atoms with E-state index in [-0.39, 0.29) is 24.4 Å². The van der Waals surface area contributed by atoms with E-state index in [9.17, 15) is 4.79 Å². The van der Waals surface area contributed by atoms with Gasteiger partial charge in [0.15, 0.2) is 0 Å². The van der Waals surface area contributed by atoms with Gasteiger partial charge >= 0.3 is 0 Å². The first-order valence-corrected chi connectivity index (χ1v) is 8.23. The van der Waals surface area contributed by atoms with E-state index in [1.807, 2.05) is 48.9 Å². The molecular weight excluding hydrogens is 324 g/mol. The fourth-order valence-corrected chi connectivity index (χ4v) is 3.18. The number of hydrogen-bond donors (Lipinski definition) is 2. The van der Waals surface area contributed by atoms with Gasteiger partial charge in [0.25, 0.3) is 5.91 Å². The van der Waals surface area contributed by atoms with Crippen LogP contribution in [0.15, 0.2) is 30.3 Å². The van der Waals surface area contributed by atoms with Crippen LogP contribution in [0.3, 0.4) is 0 Å². The third-order valence-electron chi connectivity index (χ3n) is 4.49. The first-order valence-electron chi connectivity index (χ1n) is 8.23. The molecular formula is C18H25ClN4O. The van der Waals surface area contributed by atoms with Crippen LogP contribution in [0.1, 0.15) is 47.4 Å². The van der Waals surface area contributed by atoms with Gasteiger partial charge in [-0.05, 0) is 69.9 Å². The van der Waals surface area contributed by atoms with Crippen molar-refractivity contribution in [1.29, 1.82) is 0 Å². The molecule has 0 unspecified atom stereocenters. The second-order valence-corrected chi connectivity index (χ2v) is 6.47. The summed E-state index contributed by atoms with van der Waals surface area (Å²) < 4.78 is 1.89. The molecule has 1 amide bonds. The number of aryl methyl sites for hydroxylation is 2. The van der Waals surface area contributed by atoms with Crippen molar-refractivity contribution in [3.05, 3.63) is 47.3 Å². The average Bonchev–Trinajstić information content (AvgIpc) is 2.88. The van der Waals surface area contributed by atoms with Crippen molar-refractivity contribution < 1.29 is 4.79 Å². The van der Waals surface area contributed by atoms with Crippen LogP contribution in [0.2, 0.25) is 0 Å². The number of amides is 1. The Balaban J connectivity index is 0.00000208. The molecule has 1 aromatic heterocycles. The van der Waals surface area contributed by atoms with Crippen LogP contribution < -0.4 is 11.1 Å². The zero-order chi connectivity index (χ0) is 16.4. The lowest BCUT2D eigenvalue weighted by atomic mass is 9.91. The molecule has 0 bridgehead atoms. The molecule has 0 radical (unpaired) electrons. The maximum absolute atomic E-state index is 12.3. The lowest BCUT2D eigenvalue weighted by molar-refractivity contribution is 0.0926. The van der Waals surface area contributed by atoms with Gasteiger partial charge in [0, 0.05) is 23.3 Å². The van der Waals surface area contributed by atoms with Gasteiger partial charge < -0.3 is 11.1 Å². The molecule has 130 valence electrons. The molecule has 3 rings (SSSR count). The summed E-state index contributed by atoms with van der Waals surface area (Å²) in [5.74, 6) is -0.00890. The Bertz CT molecular complexity index is 688. The van der Waals surface area contributed by atoms with Gasteiger partial charge in [0.1, 0.15) is 0 Å². The maximum atomic E-state index is 12.3. The van der Waals surface area contributed by atoms with Gasteiger partial charge in [-0.25, -0.2) is 4.68 Å². The molecule has 1 heterocycles. The molecule has 1 aliphatic carbocycles. The van der Waals surface area contributed by atoms with Crippen molar-refractivity contribution in [2.24, 2.45) is 5.73 Å². The number of halogens is 1. The van der Waals surface area contributed by atoms with E-state index in [1.54, 1.807) is 0 Å². The van der Waals surface area contributed by atoms with E-state index in [0.717, 1.165) is 42.8 Å². The zero-order valence-corrected chi connectivity index (χ0v) is 15.0. The number of benzene rings is 1. The van der Waals surface area contributed by atoms with Gasteiger partial charge in [-0.1, -0.05) is 0 Å². The summed E-state index contributed by atoms with van der Waals surface area (Å²) in [6.07, 6.45) is 3.91. The number of rotatable bonds is 3. The highest BCUT2D eigenvalue weighted by Crippen LogP contribution is 2.18. The smallest absolute Gasteiger partial charge is 0.251 e. The van der Waals surface area contributed by atoms with Crippen LogP contribution in [-0.4, -0.2) is 27.8 Å². The second kappa shape index (κ2) is 7.81. The fourth-order valence-electron chi connectivity index (χ4n) is 3.18. The number of carbonyl (C=O) groups is 1. The highest BCUT2D eigenvalue weighted by molar-refractivity contribution is 5.94. The molecule has 0 aliphatic heterocycles. The SMILES string of the molecule is Cc1cc(C)n(-c2ccc(C(=O)NC3CCC(N)CC3)cc2)n1.Cl. The van der Waals surface area contributed by atoms with Gasteiger partial charge in [-0.3, -0.25) is 4.79 Å². The Labute approximate surface area is 149 Å². The minimum atomic E-state index is -0.00890. The molecule has 0 atom stereocenters. The first-order chi connectivity index (χ1) is 11.0. The minimum Gasteiger partial charge on any atom is -0.349 e. The molecule has 5 nitrogen and oxygen atoms in total. The number of carbonyl (C=O) groups excluding carboxylic acids is 1.